The summed E-state index contributed by atoms with van der Waals surface area (Å²) in [7, 11) is 0. The molecule has 0 aliphatic carbocycles. The third kappa shape index (κ3) is 1.65. The van der Waals surface area contributed by atoms with Gasteiger partial charge in [0.2, 0.25) is 5.91 Å². The van der Waals surface area contributed by atoms with Crippen molar-refractivity contribution in [2.75, 3.05) is 0 Å². The van der Waals surface area contributed by atoms with E-state index in [-0.39, 0.29) is 16.9 Å². The number of hydrogen-bond donors (Lipinski definition) is 2. The summed E-state index contributed by atoms with van der Waals surface area (Å²) in [5, 5.41) is 0. The number of nitrogens with two attached hydrogens (primary N) is 2. The molecule has 0 radical (unpaired) electrons. The van der Waals surface area contributed by atoms with Crippen LogP contribution in [0.15, 0.2) is 36.2 Å². The number of nitrogens with zero attached hydrogens (tertiary/aromatic N) is 1. The van der Waals surface area contributed by atoms with E-state index in [1.165, 1.54) is 12.1 Å². The maximum atomic E-state index is 11.9. The summed E-state index contributed by atoms with van der Waals surface area (Å²) in [5.74, 6) is -2.20. The number of carbonyl (C=O) groups excluding carboxylic acids is 3. The van der Waals surface area contributed by atoms with E-state index in [0.29, 0.717) is 0 Å². The molecule has 0 spiro atoms. The van der Waals surface area contributed by atoms with E-state index in [1.807, 2.05) is 0 Å². The first-order chi connectivity index (χ1) is 8.02. The Hall–Kier alpha value is -2.63. The highest BCUT2D eigenvalue weighted by atomic mass is 16.2. The highest BCUT2D eigenvalue weighted by molar-refractivity contribution is 6.22. The number of imide groups is 1. The number of hydrogen-bond acceptors (Lipinski definition) is 4. The van der Waals surface area contributed by atoms with E-state index in [2.05, 4.69) is 0 Å². The minimum atomic E-state index is -0.820. The third-order valence-corrected chi connectivity index (χ3v) is 2.34. The lowest BCUT2D eigenvalue weighted by molar-refractivity contribution is -0.113. The molecule has 0 saturated heterocycles. The van der Waals surface area contributed by atoms with Gasteiger partial charge in [-0.3, -0.25) is 14.4 Å². The Morgan fingerprint density at radius 3 is 1.94 bits per heavy atom. The molecule has 1 heterocycles. The molecule has 1 aromatic rings. The standard InChI is InChI=1S/C11H9N3O3/c12-8(5-9(13)15)14-10(16)6-3-1-2-4-7(6)11(14)17/h1-5H,12H2,(H2,13,15). The van der Waals surface area contributed by atoms with Crippen molar-refractivity contribution in [1.82, 2.24) is 4.90 Å². The Balaban J connectivity index is 2.47. The van der Waals surface area contributed by atoms with Gasteiger partial charge in [-0.05, 0) is 12.1 Å². The number of carbonyl (C=O) groups is 3. The number of primary amides is 1. The van der Waals surface area contributed by atoms with Crippen LogP contribution in [0.3, 0.4) is 0 Å². The highest BCUT2D eigenvalue weighted by Crippen LogP contribution is 2.24. The summed E-state index contributed by atoms with van der Waals surface area (Å²) in [6, 6.07) is 6.32. The van der Waals surface area contributed by atoms with E-state index < -0.39 is 17.7 Å². The molecule has 1 aromatic carbocycles. The van der Waals surface area contributed by atoms with Gasteiger partial charge in [0, 0.05) is 6.08 Å². The number of benzene rings is 1. The van der Waals surface area contributed by atoms with Gasteiger partial charge in [-0.1, -0.05) is 12.1 Å². The third-order valence-electron chi connectivity index (χ3n) is 2.34. The van der Waals surface area contributed by atoms with Crippen molar-refractivity contribution in [2.24, 2.45) is 11.5 Å². The summed E-state index contributed by atoms with van der Waals surface area (Å²) in [6.07, 6.45) is 0.835. The van der Waals surface area contributed by atoms with Gasteiger partial charge in [0.15, 0.2) is 0 Å². The number of fused-ring (bicyclic) bond motifs is 1. The quantitative estimate of drug-likeness (QED) is 0.531. The molecular formula is C11H9N3O3. The van der Waals surface area contributed by atoms with Crippen molar-refractivity contribution >= 4 is 17.7 Å². The molecule has 0 fully saturated rings. The largest absolute Gasteiger partial charge is 0.384 e. The second-order valence-electron chi connectivity index (χ2n) is 3.46. The van der Waals surface area contributed by atoms with E-state index in [4.69, 9.17) is 11.5 Å². The van der Waals surface area contributed by atoms with Crippen LogP contribution in [0.1, 0.15) is 20.7 Å². The van der Waals surface area contributed by atoms with Crippen LogP contribution < -0.4 is 11.5 Å². The van der Waals surface area contributed by atoms with Gasteiger partial charge < -0.3 is 11.5 Å². The minimum absolute atomic E-state index is 0.262. The summed E-state index contributed by atoms with van der Waals surface area (Å²) in [4.78, 5) is 35.1. The predicted molar refractivity (Wildman–Crippen MR) is 58.4 cm³/mol. The summed E-state index contributed by atoms with van der Waals surface area (Å²) in [6.45, 7) is 0. The van der Waals surface area contributed by atoms with Crippen LogP contribution in [-0.2, 0) is 4.79 Å². The Morgan fingerprint density at radius 2 is 1.53 bits per heavy atom. The molecule has 0 unspecified atom stereocenters. The van der Waals surface area contributed by atoms with Crippen molar-refractivity contribution < 1.29 is 14.4 Å². The second kappa shape index (κ2) is 3.75. The average Bonchev–Trinajstić information content (AvgIpc) is 2.51. The van der Waals surface area contributed by atoms with Crippen molar-refractivity contribution in [1.29, 1.82) is 0 Å². The zero-order valence-corrected chi connectivity index (χ0v) is 8.71. The fourth-order valence-corrected chi connectivity index (χ4v) is 1.63. The monoisotopic (exact) mass is 231 g/mol. The molecule has 3 amide bonds. The fourth-order valence-electron chi connectivity index (χ4n) is 1.63. The summed E-state index contributed by atoms with van der Waals surface area (Å²) >= 11 is 0. The minimum Gasteiger partial charge on any atom is -0.384 e. The Bertz CT molecular complexity index is 528. The first-order valence-corrected chi connectivity index (χ1v) is 4.77. The van der Waals surface area contributed by atoms with Crippen molar-refractivity contribution in [3.05, 3.63) is 47.3 Å². The Labute approximate surface area is 96.5 Å². The molecule has 6 heteroatoms. The van der Waals surface area contributed by atoms with E-state index >= 15 is 0 Å². The van der Waals surface area contributed by atoms with Crippen LogP contribution in [0.5, 0.6) is 0 Å². The lowest BCUT2D eigenvalue weighted by Crippen LogP contribution is -2.34. The maximum absolute atomic E-state index is 11.9. The number of rotatable bonds is 2. The first-order valence-electron chi connectivity index (χ1n) is 4.77. The Kier molecular flexibility index (Phi) is 2.40. The van der Waals surface area contributed by atoms with Crippen molar-refractivity contribution in [2.45, 2.75) is 0 Å². The normalized spacial score (nSPS) is 15.1. The van der Waals surface area contributed by atoms with Crippen LogP contribution >= 0.6 is 0 Å². The number of amides is 3. The molecule has 0 atom stereocenters. The van der Waals surface area contributed by atoms with Crippen LogP contribution in [0, 0.1) is 0 Å². The lowest BCUT2D eigenvalue weighted by Gasteiger charge is -2.12. The van der Waals surface area contributed by atoms with Gasteiger partial charge in [0.05, 0.1) is 11.1 Å². The van der Waals surface area contributed by atoms with Gasteiger partial charge in [-0.15, -0.1) is 0 Å². The molecule has 0 bridgehead atoms. The molecule has 0 aromatic heterocycles. The lowest BCUT2D eigenvalue weighted by atomic mass is 10.1. The first kappa shape index (κ1) is 10.9. The zero-order valence-electron chi connectivity index (χ0n) is 8.71. The highest BCUT2D eigenvalue weighted by Gasteiger charge is 2.36. The van der Waals surface area contributed by atoms with E-state index in [1.54, 1.807) is 12.1 Å². The van der Waals surface area contributed by atoms with Gasteiger partial charge in [-0.2, -0.15) is 0 Å². The zero-order chi connectivity index (χ0) is 12.6. The van der Waals surface area contributed by atoms with E-state index in [9.17, 15) is 14.4 Å². The summed E-state index contributed by atoms with van der Waals surface area (Å²) in [5.41, 5.74) is 10.9. The van der Waals surface area contributed by atoms with Gasteiger partial charge in [0.1, 0.15) is 5.82 Å². The molecule has 1 aliphatic rings. The molecule has 17 heavy (non-hydrogen) atoms. The van der Waals surface area contributed by atoms with Crippen LogP contribution in [0.4, 0.5) is 0 Å². The van der Waals surface area contributed by atoms with Crippen molar-refractivity contribution in [3.63, 3.8) is 0 Å². The molecule has 0 saturated carbocycles. The molecule has 1 aliphatic heterocycles. The maximum Gasteiger partial charge on any atom is 0.267 e. The van der Waals surface area contributed by atoms with Gasteiger partial charge in [-0.25, -0.2) is 4.90 Å². The molecule has 2 rings (SSSR count). The average molecular weight is 231 g/mol. The topological polar surface area (TPSA) is 106 Å². The summed E-state index contributed by atoms with van der Waals surface area (Å²) < 4.78 is 0. The SMILES string of the molecule is NC(=O)C=C(N)N1C(=O)c2ccccc2C1=O. The van der Waals surface area contributed by atoms with Crippen LogP contribution in [-0.4, -0.2) is 22.6 Å². The fraction of sp³-hybridized carbons (Fsp3) is 0. The van der Waals surface area contributed by atoms with Crippen LogP contribution in [0.25, 0.3) is 0 Å². The molecule has 4 N–H and O–H groups in total. The van der Waals surface area contributed by atoms with Crippen molar-refractivity contribution in [3.8, 4) is 0 Å². The molecule has 86 valence electrons. The Morgan fingerprint density at radius 1 is 1.06 bits per heavy atom. The van der Waals surface area contributed by atoms with Gasteiger partial charge >= 0.3 is 0 Å². The molecule has 6 nitrogen and oxygen atoms in total. The van der Waals surface area contributed by atoms with E-state index in [0.717, 1.165) is 11.0 Å². The predicted octanol–water partition coefficient (Wildman–Crippen LogP) is -0.432. The van der Waals surface area contributed by atoms with Gasteiger partial charge in [0.25, 0.3) is 11.8 Å². The van der Waals surface area contributed by atoms with Crippen LogP contribution in [0.2, 0.25) is 0 Å². The molecular weight excluding hydrogens is 222 g/mol. The smallest absolute Gasteiger partial charge is 0.267 e. The second-order valence-corrected chi connectivity index (χ2v) is 3.46.